The lowest BCUT2D eigenvalue weighted by atomic mass is 10.1. The maximum atomic E-state index is 5.88. The molecule has 0 atom stereocenters. The van der Waals surface area contributed by atoms with Crippen LogP contribution in [0.1, 0.15) is 62.5 Å². The van der Waals surface area contributed by atoms with Gasteiger partial charge < -0.3 is 9.47 Å². The van der Waals surface area contributed by atoms with Gasteiger partial charge in [0.25, 0.3) is 0 Å². The van der Waals surface area contributed by atoms with E-state index < -0.39 is 0 Å². The molecule has 0 amide bonds. The number of rotatable bonds is 18. The molecule has 0 saturated carbocycles. The van der Waals surface area contributed by atoms with E-state index in [2.05, 4.69) is 32.3 Å². The topological polar surface area (TPSA) is 69.0 Å². The number of unbranched alkanes of at least 4 members (excludes halogenated alkanes) is 6. The third-order valence-electron chi connectivity index (χ3n) is 6.66. The molecule has 0 N–H and O–H groups in total. The Morgan fingerprint density at radius 2 is 0.900 bits per heavy atom. The van der Waals surface area contributed by atoms with Crippen LogP contribution in [-0.2, 0) is 12.8 Å². The lowest BCUT2D eigenvalue weighted by Crippen LogP contribution is -1.97. The highest BCUT2D eigenvalue weighted by molar-refractivity contribution is 5.44. The monoisotopic (exact) mass is 536 g/mol. The first-order valence-electron chi connectivity index (χ1n) is 14.5. The number of hydrogen-bond donors (Lipinski definition) is 0. The van der Waals surface area contributed by atoms with Crippen LogP contribution >= 0.6 is 0 Å². The average molecular weight is 537 g/mol. The fourth-order valence-corrected chi connectivity index (χ4v) is 4.38. The van der Waals surface area contributed by atoms with Crippen LogP contribution in [0.2, 0.25) is 0 Å². The van der Waals surface area contributed by atoms with Crippen LogP contribution in [0, 0.1) is 0 Å². The van der Waals surface area contributed by atoms with Crippen molar-refractivity contribution < 1.29 is 9.47 Å². The molecule has 2 aromatic heterocycles. The fraction of sp³-hybridized carbons (Fsp3) is 0.353. The minimum atomic E-state index is 0.731. The van der Waals surface area contributed by atoms with Crippen molar-refractivity contribution in [3.8, 4) is 11.5 Å². The van der Waals surface area contributed by atoms with Crippen molar-refractivity contribution in [3.05, 3.63) is 109 Å². The molecular weight excluding hydrogens is 496 g/mol. The first-order valence-corrected chi connectivity index (χ1v) is 14.5. The number of benzene rings is 2. The Morgan fingerprint density at radius 3 is 1.30 bits per heavy atom. The van der Waals surface area contributed by atoms with Crippen molar-refractivity contribution in [2.75, 3.05) is 13.2 Å². The van der Waals surface area contributed by atoms with E-state index in [-0.39, 0.29) is 0 Å². The second kappa shape index (κ2) is 17.5. The molecule has 0 aliphatic carbocycles. The average Bonchev–Trinajstić information content (AvgIpc) is 3.01. The molecule has 0 saturated heterocycles. The molecule has 0 unspecified atom stereocenters. The highest BCUT2D eigenvalue weighted by atomic mass is 16.5. The first-order chi connectivity index (χ1) is 19.8. The molecule has 2 aromatic carbocycles. The van der Waals surface area contributed by atoms with E-state index >= 15 is 0 Å². The lowest BCUT2D eigenvalue weighted by molar-refractivity contribution is 0.304. The maximum Gasteiger partial charge on any atom is 0.119 e. The van der Waals surface area contributed by atoms with Crippen LogP contribution < -0.4 is 9.47 Å². The summed E-state index contributed by atoms with van der Waals surface area (Å²) in [6, 6.07) is 23.8. The molecule has 40 heavy (non-hydrogen) atoms. The number of azo groups is 1. The number of nitrogens with zero attached hydrogens (tertiary/aromatic N) is 4. The second-order valence-electron chi connectivity index (χ2n) is 9.94. The summed E-state index contributed by atoms with van der Waals surface area (Å²) in [6.07, 6.45) is 19.0. The molecule has 0 spiro atoms. The zero-order valence-electron chi connectivity index (χ0n) is 23.3. The molecule has 0 radical (unpaired) electrons. The van der Waals surface area contributed by atoms with Gasteiger partial charge in [0.2, 0.25) is 0 Å². The van der Waals surface area contributed by atoms with E-state index in [0.29, 0.717) is 0 Å². The SMILES string of the molecule is c1cncc(CCCCCCOc2ccc(N=Nc3ccc(OCCCCCCc4cccnc4)cc3)cc2)c1. The van der Waals surface area contributed by atoms with E-state index in [0.717, 1.165) is 61.8 Å². The molecule has 4 aromatic rings. The van der Waals surface area contributed by atoms with Gasteiger partial charge in [0, 0.05) is 24.8 Å². The minimum Gasteiger partial charge on any atom is -0.494 e. The van der Waals surface area contributed by atoms with Gasteiger partial charge in [0.1, 0.15) is 11.5 Å². The van der Waals surface area contributed by atoms with Crippen LogP contribution in [0.5, 0.6) is 11.5 Å². The van der Waals surface area contributed by atoms with Gasteiger partial charge in [-0.15, -0.1) is 0 Å². The summed E-state index contributed by atoms with van der Waals surface area (Å²) in [5.41, 5.74) is 4.22. The number of aromatic nitrogens is 2. The summed E-state index contributed by atoms with van der Waals surface area (Å²) in [6.45, 7) is 1.46. The van der Waals surface area contributed by atoms with Crippen molar-refractivity contribution in [3.63, 3.8) is 0 Å². The van der Waals surface area contributed by atoms with Gasteiger partial charge in [-0.3, -0.25) is 9.97 Å². The quantitative estimate of drug-likeness (QED) is 0.0938. The van der Waals surface area contributed by atoms with E-state index in [1.54, 1.807) is 0 Å². The van der Waals surface area contributed by atoms with Crippen LogP contribution in [0.3, 0.4) is 0 Å². The summed E-state index contributed by atoms with van der Waals surface area (Å²) in [5, 5.41) is 8.70. The third kappa shape index (κ3) is 11.4. The van der Waals surface area contributed by atoms with Gasteiger partial charge in [-0.2, -0.15) is 10.2 Å². The van der Waals surface area contributed by atoms with Gasteiger partial charge in [0.15, 0.2) is 0 Å². The van der Waals surface area contributed by atoms with Gasteiger partial charge in [0.05, 0.1) is 24.6 Å². The molecule has 6 nitrogen and oxygen atoms in total. The Kier molecular flexibility index (Phi) is 12.7. The zero-order chi connectivity index (χ0) is 27.5. The smallest absolute Gasteiger partial charge is 0.119 e. The zero-order valence-corrected chi connectivity index (χ0v) is 23.3. The Hall–Kier alpha value is -4.06. The van der Waals surface area contributed by atoms with Gasteiger partial charge in [-0.25, -0.2) is 0 Å². The summed E-state index contributed by atoms with van der Waals surface area (Å²) >= 11 is 0. The normalized spacial score (nSPS) is 11.1. The van der Waals surface area contributed by atoms with Crippen molar-refractivity contribution in [2.24, 2.45) is 10.2 Å². The lowest BCUT2D eigenvalue weighted by Gasteiger charge is -2.07. The molecular formula is C34H40N4O2. The summed E-state index contributed by atoms with van der Waals surface area (Å²) in [5.74, 6) is 1.73. The Morgan fingerprint density at radius 1 is 0.475 bits per heavy atom. The van der Waals surface area contributed by atoms with Crippen molar-refractivity contribution in [1.29, 1.82) is 0 Å². The second-order valence-corrected chi connectivity index (χ2v) is 9.94. The molecule has 0 aliphatic heterocycles. The van der Waals surface area contributed by atoms with Crippen LogP contribution in [0.15, 0.2) is 108 Å². The van der Waals surface area contributed by atoms with Crippen LogP contribution in [-0.4, -0.2) is 23.2 Å². The van der Waals surface area contributed by atoms with E-state index in [1.807, 2.05) is 85.5 Å². The van der Waals surface area contributed by atoms with E-state index in [1.165, 1.54) is 49.7 Å². The first kappa shape index (κ1) is 28.9. The number of pyridine rings is 2. The standard InChI is InChI=1S/C34H40N4O2/c1(5-11-29-13-9-23-35-27-29)3-7-25-39-33-19-15-31(16-20-33)37-38-32-17-21-34(22-18-32)40-26-8-4-2-6-12-30-14-10-24-36-28-30/h9-10,13-24,27-28H,1-8,11-12,25-26H2. The van der Waals surface area contributed by atoms with Crippen molar-refractivity contribution >= 4 is 11.4 Å². The Balaban J connectivity index is 1.04. The molecule has 0 fully saturated rings. The highest BCUT2D eigenvalue weighted by Crippen LogP contribution is 2.23. The van der Waals surface area contributed by atoms with Gasteiger partial charge >= 0.3 is 0 Å². The highest BCUT2D eigenvalue weighted by Gasteiger charge is 1.99. The number of aryl methyl sites for hydroxylation is 2. The number of ether oxygens (including phenoxy) is 2. The molecule has 0 aliphatic rings. The van der Waals surface area contributed by atoms with Crippen LogP contribution in [0.25, 0.3) is 0 Å². The van der Waals surface area contributed by atoms with Crippen molar-refractivity contribution in [1.82, 2.24) is 9.97 Å². The van der Waals surface area contributed by atoms with Crippen molar-refractivity contribution in [2.45, 2.75) is 64.2 Å². The van der Waals surface area contributed by atoms with E-state index in [9.17, 15) is 0 Å². The summed E-state index contributed by atoms with van der Waals surface area (Å²) in [4.78, 5) is 8.34. The molecule has 2 heterocycles. The molecule has 6 heteroatoms. The third-order valence-corrected chi connectivity index (χ3v) is 6.66. The van der Waals surface area contributed by atoms with E-state index in [4.69, 9.17) is 9.47 Å². The maximum absolute atomic E-state index is 5.88. The Bertz CT molecular complexity index is 1130. The Labute approximate surface area is 238 Å². The molecule has 0 bridgehead atoms. The largest absolute Gasteiger partial charge is 0.494 e. The van der Waals surface area contributed by atoms with Crippen LogP contribution in [0.4, 0.5) is 11.4 Å². The predicted molar refractivity (Wildman–Crippen MR) is 161 cm³/mol. The predicted octanol–water partition coefficient (Wildman–Crippen LogP) is 9.26. The van der Waals surface area contributed by atoms with Gasteiger partial charge in [-0.1, -0.05) is 37.8 Å². The minimum absolute atomic E-state index is 0.731. The molecule has 208 valence electrons. The fourth-order valence-electron chi connectivity index (χ4n) is 4.38. The molecule has 4 rings (SSSR count). The summed E-state index contributed by atoms with van der Waals surface area (Å²) < 4.78 is 11.8. The van der Waals surface area contributed by atoms with Gasteiger partial charge in [-0.05, 0) is 110 Å². The summed E-state index contributed by atoms with van der Waals surface area (Å²) in [7, 11) is 0. The number of hydrogen-bond acceptors (Lipinski definition) is 6.